The maximum absolute atomic E-state index is 13.6. The summed E-state index contributed by atoms with van der Waals surface area (Å²) in [6.45, 7) is 2.60. The van der Waals surface area contributed by atoms with Crippen molar-refractivity contribution < 1.29 is 83.2 Å². The van der Waals surface area contributed by atoms with Crippen molar-refractivity contribution in [3.05, 3.63) is 0 Å². The number of imide groups is 1. The molecule has 0 saturated carbocycles. The van der Waals surface area contributed by atoms with E-state index in [-0.39, 0.29) is 84.2 Å². The molecular formula is C33H52N4O17. The number of hydrogen-bond donors (Lipinski definition) is 8. The van der Waals surface area contributed by atoms with Gasteiger partial charge in [0.25, 0.3) is 11.8 Å². The fourth-order valence-corrected chi connectivity index (χ4v) is 6.56. The van der Waals surface area contributed by atoms with Gasteiger partial charge in [0.15, 0.2) is 18.4 Å². The molecule has 0 bridgehead atoms. The Morgan fingerprint density at radius 3 is 1.81 bits per heavy atom. The Balaban J connectivity index is 1.28. The van der Waals surface area contributed by atoms with Crippen molar-refractivity contribution >= 4 is 35.4 Å². The zero-order chi connectivity index (χ0) is 39.7. The van der Waals surface area contributed by atoms with Gasteiger partial charge in [-0.2, -0.15) is 0 Å². The second kappa shape index (κ2) is 20.1. The number of hydrogen-bond acceptors (Lipinski definition) is 18. The van der Waals surface area contributed by atoms with Crippen LogP contribution in [0.25, 0.3) is 0 Å². The van der Waals surface area contributed by atoms with E-state index in [1.54, 1.807) is 0 Å². The normalized spacial score (nSPS) is 34.3. The van der Waals surface area contributed by atoms with Gasteiger partial charge in [-0.15, -0.1) is 5.06 Å². The standard InChI is InChI=1S/C33H52N4O17/c1-16-25(43)27(45)29(47)32(52-16)50-13-11-34-15-20(38)18-7-8-19(31(49)35-12-14-51-33-30(48)28(46)26(44)17(2)53-33)36(18)21(39)5-3-4-6-24(42)54-37-22(40)9-10-23(37)41/h16-19,25-30,32-34,43-48H,3-15H2,1-2H3,(H,35,49)/t16-,17-,18+,19+,25+,26+,27+,28+,29-,30-,32+,33+/m0/s1. The molecule has 54 heavy (non-hydrogen) atoms. The molecule has 4 fully saturated rings. The molecule has 0 spiro atoms. The smallest absolute Gasteiger partial charge is 0.333 e. The Bertz CT molecular complexity index is 1320. The van der Waals surface area contributed by atoms with Crippen LogP contribution in [0.2, 0.25) is 0 Å². The number of hydroxylamine groups is 2. The highest BCUT2D eigenvalue weighted by atomic mass is 16.7. The number of ketones is 1. The van der Waals surface area contributed by atoms with E-state index in [0.29, 0.717) is 5.06 Å². The molecule has 306 valence electrons. The number of Topliss-reactive ketones (excluding diaryl/α,β-unsaturated/α-hetero) is 1. The number of rotatable bonds is 18. The van der Waals surface area contributed by atoms with Crippen LogP contribution in [0.3, 0.4) is 0 Å². The van der Waals surface area contributed by atoms with Crippen LogP contribution in [0.5, 0.6) is 0 Å². The molecule has 4 aliphatic heterocycles. The molecule has 0 radical (unpaired) electrons. The minimum atomic E-state index is -1.54. The molecular weight excluding hydrogens is 724 g/mol. The molecule has 0 aliphatic carbocycles. The van der Waals surface area contributed by atoms with E-state index in [4.69, 9.17) is 23.8 Å². The first-order chi connectivity index (χ1) is 25.6. The summed E-state index contributed by atoms with van der Waals surface area (Å²) in [6, 6.07) is -2.01. The molecule has 21 heteroatoms. The Hall–Kier alpha value is -3.22. The molecule has 12 atom stereocenters. The number of carbonyl (C=O) groups excluding carboxylic acids is 6. The van der Waals surface area contributed by atoms with Crippen LogP contribution >= 0.6 is 0 Å². The Morgan fingerprint density at radius 2 is 1.24 bits per heavy atom. The molecule has 4 rings (SSSR count). The van der Waals surface area contributed by atoms with Crippen molar-refractivity contribution in [3.63, 3.8) is 0 Å². The summed E-state index contributed by atoms with van der Waals surface area (Å²) in [4.78, 5) is 81.9. The van der Waals surface area contributed by atoms with Gasteiger partial charge in [0.05, 0.1) is 38.0 Å². The summed E-state index contributed by atoms with van der Waals surface area (Å²) in [6.07, 6.45) is -12.5. The molecule has 4 heterocycles. The first-order valence-corrected chi connectivity index (χ1v) is 18.1. The van der Waals surface area contributed by atoms with E-state index >= 15 is 0 Å². The fourth-order valence-electron chi connectivity index (χ4n) is 6.56. The molecule has 21 nitrogen and oxygen atoms in total. The van der Waals surface area contributed by atoms with Gasteiger partial charge < -0.3 is 70.0 Å². The van der Waals surface area contributed by atoms with Crippen molar-refractivity contribution in [1.29, 1.82) is 0 Å². The molecule has 0 aromatic rings. The van der Waals surface area contributed by atoms with Gasteiger partial charge in [0.1, 0.15) is 42.7 Å². The SMILES string of the molecule is C[C@@H]1O[C@@H](OCCNCC(=O)[C@H]2CC[C@H](C(=O)NCCO[C@@H]3O[C@@H](C)[C@@H](O)[C@@H](O)[C@@H]3O)N2C(=O)CCCCC(=O)ON2C(=O)CCC2=O)[C@@H](O)[C@H](O)[C@@H]1O. The molecule has 0 aromatic heterocycles. The van der Waals surface area contributed by atoms with E-state index in [2.05, 4.69) is 10.6 Å². The maximum atomic E-state index is 13.6. The van der Waals surface area contributed by atoms with Crippen molar-refractivity contribution in [3.8, 4) is 0 Å². The van der Waals surface area contributed by atoms with Crippen molar-refractivity contribution in [2.45, 2.75) is 139 Å². The zero-order valence-corrected chi connectivity index (χ0v) is 30.2. The summed E-state index contributed by atoms with van der Waals surface area (Å²) in [5.74, 6) is -3.56. The zero-order valence-electron chi connectivity index (χ0n) is 30.2. The van der Waals surface area contributed by atoms with E-state index < -0.39 is 109 Å². The molecule has 0 unspecified atom stereocenters. The van der Waals surface area contributed by atoms with Crippen LogP contribution in [0.15, 0.2) is 0 Å². The van der Waals surface area contributed by atoms with Crippen molar-refractivity contribution in [1.82, 2.24) is 20.6 Å². The third kappa shape index (κ3) is 11.0. The summed E-state index contributed by atoms with van der Waals surface area (Å²) in [7, 11) is 0. The highest BCUT2D eigenvalue weighted by Gasteiger charge is 2.45. The van der Waals surface area contributed by atoms with E-state index in [0.717, 1.165) is 0 Å². The van der Waals surface area contributed by atoms with Gasteiger partial charge in [0, 0.05) is 38.8 Å². The minimum Gasteiger partial charge on any atom is -0.388 e. The second-order valence-electron chi connectivity index (χ2n) is 13.7. The summed E-state index contributed by atoms with van der Waals surface area (Å²) < 4.78 is 21.7. The number of aliphatic hydroxyl groups excluding tert-OH is 6. The largest absolute Gasteiger partial charge is 0.388 e. The third-order valence-electron chi connectivity index (χ3n) is 9.73. The summed E-state index contributed by atoms with van der Waals surface area (Å²) >= 11 is 0. The number of aliphatic hydroxyl groups is 6. The number of ether oxygens (including phenoxy) is 4. The quantitative estimate of drug-likeness (QED) is 0.0480. The number of nitrogens with one attached hydrogen (secondary N) is 2. The average Bonchev–Trinajstić information content (AvgIpc) is 3.73. The lowest BCUT2D eigenvalue weighted by Gasteiger charge is -2.38. The number of amides is 4. The van der Waals surface area contributed by atoms with Crippen LogP contribution in [-0.4, -0.2) is 182 Å². The summed E-state index contributed by atoms with van der Waals surface area (Å²) in [5.41, 5.74) is 0. The fraction of sp³-hybridized carbons (Fsp3) is 0.818. The van der Waals surface area contributed by atoms with Gasteiger partial charge in [-0.3, -0.25) is 24.0 Å². The Labute approximate surface area is 310 Å². The molecule has 4 aliphatic rings. The van der Waals surface area contributed by atoms with Gasteiger partial charge in [0.2, 0.25) is 11.8 Å². The number of carbonyl (C=O) groups is 6. The predicted octanol–water partition coefficient (Wildman–Crippen LogP) is -4.52. The van der Waals surface area contributed by atoms with Gasteiger partial charge in [-0.1, -0.05) is 0 Å². The number of unbranched alkanes of at least 4 members (excludes halogenated alkanes) is 1. The maximum Gasteiger partial charge on any atom is 0.333 e. The van der Waals surface area contributed by atoms with Crippen molar-refractivity contribution in [2.24, 2.45) is 0 Å². The van der Waals surface area contributed by atoms with E-state index in [9.17, 15) is 59.4 Å². The van der Waals surface area contributed by atoms with Gasteiger partial charge in [-0.05, 0) is 39.5 Å². The highest BCUT2D eigenvalue weighted by molar-refractivity contribution is 6.01. The van der Waals surface area contributed by atoms with Crippen LogP contribution in [0, 0.1) is 0 Å². The lowest BCUT2D eigenvalue weighted by atomic mass is 10.0. The number of likely N-dealkylation sites (tertiary alicyclic amines) is 1. The average molecular weight is 777 g/mol. The molecule has 8 N–H and O–H groups in total. The lowest BCUT2D eigenvalue weighted by molar-refractivity contribution is -0.292. The molecule has 0 aromatic carbocycles. The third-order valence-corrected chi connectivity index (χ3v) is 9.73. The first kappa shape index (κ1) is 43.5. The highest BCUT2D eigenvalue weighted by Crippen LogP contribution is 2.27. The van der Waals surface area contributed by atoms with Gasteiger partial charge in [-0.25, -0.2) is 4.79 Å². The Morgan fingerprint density at radius 1 is 0.722 bits per heavy atom. The first-order valence-electron chi connectivity index (χ1n) is 18.1. The van der Waals surface area contributed by atoms with Gasteiger partial charge >= 0.3 is 5.97 Å². The second-order valence-corrected chi connectivity index (χ2v) is 13.7. The minimum absolute atomic E-state index is 0.0468. The molecule has 4 saturated heterocycles. The summed E-state index contributed by atoms with van der Waals surface area (Å²) in [5, 5.41) is 65.9. The van der Waals surface area contributed by atoms with Crippen LogP contribution in [0.4, 0.5) is 0 Å². The van der Waals surface area contributed by atoms with Crippen LogP contribution in [-0.2, 0) is 52.6 Å². The monoisotopic (exact) mass is 776 g/mol. The Kier molecular flexibility index (Phi) is 16.2. The predicted molar refractivity (Wildman–Crippen MR) is 177 cm³/mol. The van der Waals surface area contributed by atoms with E-state index in [1.807, 2.05) is 0 Å². The van der Waals surface area contributed by atoms with Crippen LogP contribution in [0.1, 0.15) is 65.2 Å². The van der Waals surface area contributed by atoms with Crippen LogP contribution < -0.4 is 10.6 Å². The number of nitrogens with zero attached hydrogens (tertiary/aromatic N) is 2. The van der Waals surface area contributed by atoms with E-state index in [1.165, 1.54) is 18.7 Å². The van der Waals surface area contributed by atoms with Crippen molar-refractivity contribution in [2.75, 3.05) is 32.8 Å². The molecule has 4 amide bonds. The topological polar surface area (TPSA) is 300 Å². The lowest BCUT2D eigenvalue weighted by Crippen LogP contribution is -2.57.